The first-order valence-corrected chi connectivity index (χ1v) is 6.94. The molecule has 4 aliphatic rings. The lowest BCUT2D eigenvalue weighted by Gasteiger charge is -2.09. The zero-order valence-electron chi connectivity index (χ0n) is 9.97. The van der Waals surface area contributed by atoms with E-state index in [0.717, 1.165) is 0 Å². The van der Waals surface area contributed by atoms with E-state index in [9.17, 15) is 0 Å². The Morgan fingerprint density at radius 1 is 0.688 bits per heavy atom. The molecule has 0 amide bonds. The molecule has 2 atom stereocenters. The van der Waals surface area contributed by atoms with Gasteiger partial charge in [0, 0.05) is 13.1 Å². The molecule has 2 unspecified atom stereocenters. The van der Waals surface area contributed by atoms with Crippen LogP contribution in [0, 0.1) is 0 Å². The van der Waals surface area contributed by atoms with Crippen molar-refractivity contribution in [2.45, 2.75) is 62.7 Å². The van der Waals surface area contributed by atoms with E-state index in [1.807, 2.05) is 0 Å². The molecule has 90 valence electrons. The Morgan fingerprint density at radius 2 is 1.06 bits per heavy atom. The Balaban J connectivity index is 1.26. The van der Waals surface area contributed by atoms with Gasteiger partial charge in [0.15, 0.2) is 0 Å². The lowest BCUT2D eigenvalue weighted by molar-refractivity contribution is 0.329. The van der Waals surface area contributed by atoms with Gasteiger partial charge in [-0.15, -0.1) is 0 Å². The van der Waals surface area contributed by atoms with E-state index in [0.29, 0.717) is 11.3 Å². The maximum Gasteiger partial charge on any atom is 0.0974 e. The molecule has 16 heavy (non-hydrogen) atoms. The van der Waals surface area contributed by atoms with Gasteiger partial charge >= 0.3 is 0 Å². The predicted octanol–water partition coefficient (Wildman–Crippen LogP) is 1.17. The quantitative estimate of drug-likeness (QED) is 0.704. The molecule has 2 spiro atoms. The Morgan fingerprint density at radius 3 is 1.44 bits per heavy atom. The number of hydrogen-bond donors (Lipinski definition) is 2. The van der Waals surface area contributed by atoms with Gasteiger partial charge < -0.3 is 0 Å². The van der Waals surface area contributed by atoms with Gasteiger partial charge in [0.25, 0.3) is 0 Å². The van der Waals surface area contributed by atoms with E-state index >= 15 is 0 Å². The molecule has 4 nitrogen and oxygen atoms in total. The fourth-order valence-electron chi connectivity index (χ4n) is 3.88. The van der Waals surface area contributed by atoms with E-state index < -0.39 is 0 Å². The molecule has 2 aliphatic carbocycles. The first kappa shape index (κ1) is 9.83. The number of hydrogen-bond acceptors (Lipinski definition) is 4. The SMILES string of the molecule is C1CCC2(C1)NN2CCN1NC12CCCC2. The van der Waals surface area contributed by atoms with E-state index in [4.69, 9.17) is 0 Å². The summed E-state index contributed by atoms with van der Waals surface area (Å²) in [5.41, 5.74) is 8.06. The summed E-state index contributed by atoms with van der Waals surface area (Å²) in [6.45, 7) is 2.38. The number of hydrazine groups is 2. The van der Waals surface area contributed by atoms with Crippen molar-refractivity contribution < 1.29 is 0 Å². The van der Waals surface area contributed by atoms with Crippen LogP contribution >= 0.6 is 0 Å². The van der Waals surface area contributed by atoms with Gasteiger partial charge in [-0.05, 0) is 25.7 Å². The van der Waals surface area contributed by atoms with Crippen LogP contribution in [0.2, 0.25) is 0 Å². The maximum atomic E-state index is 3.59. The van der Waals surface area contributed by atoms with Crippen molar-refractivity contribution >= 4 is 0 Å². The summed E-state index contributed by atoms with van der Waals surface area (Å²) >= 11 is 0. The highest BCUT2D eigenvalue weighted by atomic mass is 15.8. The van der Waals surface area contributed by atoms with E-state index in [1.165, 1.54) is 64.5 Å². The summed E-state index contributed by atoms with van der Waals surface area (Å²) in [7, 11) is 0. The number of nitrogens with zero attached hydrogens (tertiary/aromatic N) is 2. The Kier molecular flexibility index (Phi) is 1.96. The normalized spacial score (nSPS) is 42.0. The third-order valence-electron chi connectivity index (χ3n) is 5.03. The lowest BCUT2D eigenvalue weighted by atomic mass is 10.2. The van der Waals surface area contributed by atoms with Crippen molar-refractivity contribution in [2.24, 2.45) is 0 Å². The zero-order valence-corrected chi connectivity index (χ0v) is 9.97. The third kappa shape index (κ3) is 1.37. The molecule has 4 fully saturated rings. The summed E-state index contributed by atoms with van der Waals surface area (Å²) in [5.74, 6) is 0. The molecule has 0 aromatic carbocycles. The second-order valence-corrected chi connectivity index (χ2v) is 6.00. The van der Waals surface area contributed by atoms with E-state index in [2.05, 4.69) is 20.9 Å². The van der Waals surface area contributed by atoms with Gasteiger partial charge in [-0.3, -0.25) is 0 Å². The monoisotopic (exact) mass is 222 g/mol. The van der Waals surface area contributed by atoms with Gasteiger partial charge in [0.2, 0.25) is 0 Å². The largest absolute Gasteiger partial charge is 0.232 e. The van der Waals surface area contributed by atoms with Crippen LogP contribution in [0.5, 0.6) is 0 Å². The van der Waals surface area contributed by atoms with E-state index in [-0.39, 0.29) is 0 Å². The Labute approximate surface area is 97.3 Å². The molecule has 0 radical (unpaired) electrons. The van der Waals surface area contributed by atoms with Gasteiger partial charge in [-0.2, -0.15) is 0 Å². The minimum Gasteiger partial charge on any atom is -0.232 e. The highest BCUT2D eigenvalue weighted by Crippen LogP contribution is 2.43. The topological polar surface area (TPSA) is 49.9 Å². The molecule has 2 aliphatic heterocycles. The van der Waals surface area contributed by atoms with Crippen LogP contribution in [0.15, 0.2) is 0 Å². The fraction of sp³-hybridized carbons (Fsp3) is 1.00. The molecule has 0 aromatic rings. The molecule has 0 bridgehead atoms. The van der Waals surface area contributed by atoms with Crippen LogP contribution in [-0.2, 0) is 0 Å². The molecule has 2 N–H and O–H groups in total. The van der Waals surface area contributed by atoms with E-state index in [1.54, 1.807) is 0 Å². The van der Waals surface area contributed by atoms with Gasteiger partial charge in [0.1, 0.15) is 0 Å². The molecule has 4 rings (SSSR count). The van der Waals surface area contributed by atoms with Crippen LogP contribution in [-0.4, -0.2) is 34.4 Å². The number of nitrogens with one attached hydrogen (secondary N) is 2. The van der Waals surface area contributed by atoms with Crippen LogP contribution < -0.4 is 10.9 Å². The van der Waals surface area contributed by atoms with Crippen molar-refractivity contribution in [3.8, 4) is 0 Å². The highest BCUT2D eigenvalue weighted by Gasteiger charge is 2.56. The molecule has 2 saturated carbocycles. The molecule has 0 aromatic heterocycles. The first-order chi connectivity index (χ1) is 7.83. The molecular formula is C12H22N4. The molecule has 4 heteroatoms. The molecule has 2 heterocycles. The Hall–Kier alpha value is -0.160. The summed E-state index contributed by atoms with van der Waals surface area (Å²) < 4.78 is 0. The smallest absolute Gasteiger partial charge is 0.0974 e. The second kappa shape index (κ2) is 3.19. The van der Waals surface area contributed by atoms with Crippen molar-refractivity contribution in [3.63, 3.8) is 0 Å². The zero-order chi connectivity index (χ0) is 10.6. The molecule has 2 saturated heterocycles. The summed E-state index contributed by atoms with van der Waals surface area (Å²) in [6, 6.07) is 0. The fourth-order valence-corrected chi connectivity index (χ4v) is 3.88. The predicted molar refractivity (Wildman–Crippen MR) is 62.1 cm³/mol. The van der Waals surface area contributed by atoms with Crippen LogP contribution in [0.25, 0.3) is 0 Å². The van der Waals surface area contributed by atoms with Crippen LogP contribution in [0.4, 0.5) is 0 Å². The third-order valence-corrected chi connectivity index (χ3v) is 5.03. The van der Waals surface area contributed by atoms with Crippen molar-refractivity contribution in [2.75, 3.05) is 13.1 Å². The van der Waals surface area contributed by atoms with Crippen molar-refractivity contribution in [1.29, 1.82) is 0 Å². The standard InChI is InChI=1S/C12H22N4/c1-2-6-11(5-1)13-15(11)9-10-16-12(14-16)7-3-4-8-12/h13-14H,1-10H2. The van der Waals surface area contributed by atoms with Gasteiger partial charge in [-0.25, -0.2) is 20.9 Å². The minimum atomic E-state index is 0.443. The average Bonchev–Trinajstić information content (AvgIpc) is 2.89. The lowest BCUT2D eigenvalue weighted by Crippen LogP contribution is -2.23. The first-order valence-electron chi connectivity index (χ1n) is 6.94. The summed E-state index contributed by atoms with van der Waals surface area (Å²) in [5, 5.41) is 4.95. The second-order valence-electron chi connectivity index (χ2n) is 6.00. The van der Waals surface area contributed by atoms with Gasteiger partial charge in [-0.1, -0.05) is 25.7 Å². The summed E-state index contributed by atoms with van der Waals surface area (Å²) in [6.07, 6.45) is 11.1. The van der Waals surface area contributed by atoms with Crippen molar-refractivity contribution in [3.05, 3.63) is 0 Å². The minimum absolute atomic E-state index is 0.443. The number of rotatable bonds is 3. The molecular weight excluding hydrogens is 200 g/mol. The summed E-state index contributed by atoms with van der Waals surface area (Å²) in [4.78, 5) is 0. The van der Waals surface area contributed by atoms with Crippen molar-refractivity contribution in [1.82, 2.24) is 20.9 Å². The average molecular weight is 222 g/mol. The highest BCUT2D eigenvalue weighted by molar-refractivity contribution is 5.04. The maximum absolute atomic E-state index is 3.59. The van der Waals surface area contributed by atoms with Gasteiger partial charge in [0.05, 0.1) is 11.3 Å². The van der Waals surface area contributed by atoms with Crippen LogP contribution in [0.1, 0.15) is 51.4 Å². The van der Waals surface area contributed by atoms with Crippen LogP contribution in [0.3, 0.4) is 0 Å². The Bertz CT molecular complexity index is 261.